The predicted molar refractivity (Wildman–Crippen MR) is 122 cm³/mol. The van der Waals surface area contributed by atoms with Gasteiger partial charge >= 0.3 is 11.9 Å². The second-order valence-electron chi connectivity index (χ2n) is 6.80. The minimum atomic E-state index is -0.670. The molecular weight excluding hydrogens is 467 g/mol. The van der Waals surface area contributed by atoms with Crippen LogP contribution in [-0.2, 0) is 22.6 Å². The maximum Gasteiger partial charge on any atom is 0.346 e. The van der Waals surface area contributed by atoms with Crippen LogP contribution < -0.4 is 19.5 Å². The van der Waals surface area contributed by atoms with E-state index in [4.69, 9.17) is 18.9 Å². The smallest absolute Gasteiger partial charge is 0.346 e. The molecule has 0 spiro atoms. The number of rotatable bonds is 10. The number of benzene rings is 2. The lowest BCUT2D eigenvalue weighted by molar-refractivity contribution is 0.0590. The number of hydrogen-bond donors (Lipinski definition) is 1. The minimum absolute atomic E-state index is 0.0242. The molecule has 1 N–H and O–H groups in total. The van der Waals surface area contributed by atoms with E-state index in [1.54, 1.807) is 26.4 Å². The van der Waals surface area contributed by atoms with Crippen molar-refractivity contribution in [2.75, 3.05) is 33.8 Å². The lowest BCUT2D eigenvalue weighted by Gasteiger charge is -2.12. The Morgan fingerprint density at radius 1 is 0.971 bits per heavy atom. The number of hydrogen-bond acceptors (Lipinski definition) is 10. The molecule has 0 bridgehead atoms. The van der Waals surface area contributed by atoms with Gasteiger partial charge in [-0.15, -0.1) is 0 Å². The lowest BCUT2D eigenvalue weighted by atomic mass is 10.1. The summed E-state index contributed by atoms with van der Waals surface area (Å²) >= 11 is 0.991. The molecule has 2 aromatic carbocycles. The summed E-state index contributed by atoms with van der Waals surface area (Å²) in [4.78, 5) is 24.2. The van der Waals surface area contributed by atoms with Crippen molar-refractivity contribution in [3.63, 3.8) is 0 Å². The Hall–Kier alpha value is -3.86. The molecule has 11 heteroatoms. The molecule has 0 saturated carbocycles. The largest absolute Gasteiger partial charge is 0.497 e. The van der Waals surface area contributed by atoms with Crippen molar-refractivity contribution in [2.24, 2.45) is 0 Å². The third kappa shape index (κ3) is 5.54. The molecule has 34 heavy (non-hydrogen) atoms. The fourth-order valence-electron chi connectivity index (χ4n) is 3.03. The van der Waals surface area contributed by atoms with E-state index in [1.807, 2.05) is 6.07 Å². The SMILES string of the molecule is COC(=O)c1ccc(F)c(COc2nsc(NCc3ccc(OC)cc3OC)c2C(=O)OC)c1. The third-order valence-electron chi connectivity index (χ3n) is 4.82. The fourth-order valence-corrected chi connectivity index (χ4v) is 3.74. The van der Waals surface area contributed by atoms with Crippen molar-refractivity contribution in [3.05, 3.63) is 64.5 Å². The number of aromatic nitrogens is 1. The van der Waals surface area contributed by atoms with Gasteiger partial charge in [0.05, 0.1) is 34.0 Å². The summed E-state index contributed by atoms with van der Waals surface area (Å²) in [6.07, 6.45) is 0. The topological polar surface area (TPSA) is 105 Å². The van der Waals surface area contributed by atoms with E-state index in [2.05, 4.69) is 14.4 Å². The van der Waals surface area contributed by atoms with E-state index in [0.29, 0.717) is 23.0 Å². The van der Waals surface area contributed by atoms with Crippen molar-refractivity contribution in [1.82, 2.24) is 4.37 Å². The van der Waals surface area contributed by atoms with Gasteiger partial charge < -0.3 is 29.0 Å². The van der Waals surface area contributed by atoms with Gasteiger partial charge in [-0.2, -0.15) is 4.37 Å². The number of nitrogens with one attached hydrogen (secondary N) is 1. The molecule has 0 aliphatic heterocycles. The summed E-state index contributed by atoms with van der Waals surface area (Å²) in [6, 6.07) is 9.14. The molecule has 9 nitrogen and oxygen atoms in total. The average Bonchev–Trinajstić information content (AvgIpc) is 3.28. The first kappa shape index (κ1) is 24.8. The predicted octanol–water partition coefficient (Wildman–Crippen LogP) is 4.06. The number of nitrogens with zero attached hydrogens (tertiary/aromatic N) is 1. The molecule has 0 atom stereocenters. The number of carbonyl (C=O) groups is 2. The Morgan fingerprint density at radius 3 is 2.41 bits per heavy atom. The first-order chi connectivity index (χ1) is 16.4. The van der Waals surface area contributed by atoms with E-state index in [-0.39, 0.29) is 29.2 Å². The highest BCUT2D eigenvalue weighted by Crippen LogP contribution is 2.33. The Kier molecular flexibility index (Phi) is 8.25. The van der Waals surface area contributed by atoms with Crippen LogP contribution in [0.1, 0.15) is 31.8 Å². The zero-order chi connectivity index (χ0) is 24.7. The maximum absolute atomic E-state index is 14.2. The molecular formula is C23H23FN2O7S. The summed E-state index contributed by atoms with van der Waals surface area (Å²) in [5, 5.41) is 3.54. The highest BCUT2D eigenvalue weighted by atomic mass is 32.1. The summed E-state index contributed by atoms with van der Waals surface area (Å²) in [7, 11) is 5.58. The minimum Gasteiger partial charge on any atom is -0.497 e. The Morgan fingerprint density at radius 2 is 1.74 bits per heavy atom. The third-order valence-corrected chi connectivity index (χ3v) is 5.60. The van der Waals surface area contributed by atoms with Crippen molar-refractivity contribution < 1.29 is 37.7 Å². The molecule has 0 fully saturated rings. The van der Waals surface area contributed by atoms with E-state index in [9.17, 15) is 14.0 Å². The molecule has 0 unspecified atom stereocenters. The van der Waals surface area contributed by atoms with Gasteiger partial charge in [0.25, 0.3) is 0 Å². The van der Waals surface area contributed by atoms with E-state index in [1.165, 1.54) is 26.4 Å². The molecule has 1 heterocycles. The second-order valence-corrected chi connectivity index (χ2v) is 7.57. The van der Waals surface area contributed by atoms with Gasteiger partial charge in [-0.25, -0.2) is 14.0 Å². The van der Waals surface area contributed by atoms with Gasteiger partial charge in [0, 0.05) is 23.7 Å². The summed E-state index contributed by atoms with van der Waals surface area (Å²) in [5.74, 6) is -0.625. The first-order valence-electron chi connectivity index (χ1n) is 9.94. The monoisotopic (exact) mass is 490 g/mol. The van der Waals surface area contributed by atoms with Crippen LogP contribution in [0.15, 0.2) is 36.4 Å². The second kappa shape index (κ2) is 11.3. The van der Waals surface area contributed by atoms with Crippen LogP contribution in [0.4, 0.5) is 9.39 Å². The van der Waals surface area contributed by atoms with Gasteiger partial charge in [0.2, 0.25) is 5.88 Å². The Balaban J connectivity index is 1.80. The summed E-state index contributed by atoms with van der Waals surface area (Å²) in [5.41, 5.74) is 1.16. The van der Waals surface area contributed by atoms with Crippen LogP contribution in [-0.4, -0.2) is 44.8 Å². The van der Waals surface area contributed by atoms with Crippen LogP contribution in [0, 0.1) is 5.82 Å². The highest BCUT2D eigenvalue weighted by Gasteiger charge is 2.24. The number of esters is 2. The van der Waals surface area contributed by atoms with Crippen LogP contribution >= 0.6 is 11.5 Å². The fraction of sp³-hybridized carbons (Fsp3) is 0.261. The lowest BCUT2D eigenvalue weighted by Crippen LogP contribution is -2.09. The van der Waals surface area contributed by atoms with Crippen LogP contribution in [0.5, 0.6) is 17.4 Å². The Bertz CT molecular complexity index is 1180. The quantitative estimate of drug-likeness (QED) is 0.421. The van der Waals surface area contributed by atoms with Crippen molar-refractivity contribution in [1.29, 1.82) is 0 Å². The number of ether oxygens (including phenoxy) is 5. The molecule has 1 aromatic heterocycles. The molecule has 0 saturated heterocycles. The average molecular weight is 491 g/mol. The molecule has 0 aliphatic rings. The zero-order valence-electron chi connectivity index (χ0n) is 19.0. The molecule has 0 amide bonds. The van der Waals surface area contributed by atoms with Gasteiger partial charge in [-0.1, -0.05) is 0 Å². The highest BCUT2D eigenvalue weighted by molar-refractivity contribution is 7.10. The van der Waals surface area contributed by atoms with E-state index >= 15 is 0 Å². The number of anilines is 1. The van der Waals surface area contributed by atoms with Gasteiger partial charge in [0.15, 0.2) is 5.56 Å². The molecule has 3 rings (SSSR count). The standard InChI is InChI=1S/C23H23FN2O7S/c1-29-16-7-5-14(18(10-16)30-2)11-25-21-19(23(28)32-4)20(26-34-21)33-12-15-9-13(22(27)31-3)6-8-17(15)24/h5-10,25H,11-12H2,1-4H3. The number of halogens is 1. The van der Waals surface area contributed by atoms with E-state index < -0.39 is 17.8 Å². The van der Waals surface area contributed by atoms with Crippen LogP contribution in [0.3, 0.4) is 0 Å². The molecule has 0 radical (unpaired) electrons. The first-order valence-corrected chi connectivity index (χ1v) is 10.7. The molecule has 180 valence electrons. The molecule has 3 aromatic rings. The normalized spacial score (nSPS) is 10.4. The zero-order valence-corrected chi connectivity index (χ0v) is 19.8. The summed E-state index contributed by atoms with van der Waals surface area (Å²) < 4.78 is 44.2. The maximum atomic E-state index is 14.2. The van der Waals surface area contributed by atoms with Gasteiger partial charge in [0.1, 0.15) is 28.9 Å². The van der Waals surface area contributed by atoms with Crippen LogP contribution in [0.25, 0.3) is 0 Å². The van der Waals surface area contributed by atoms with Crippen molar-refractivity contribution in [2.45, 2.75) is 13.2 Å². The van der Waals surface area contributed by atoms with E-state index in [0.717, 1.165) is 23.2 Å². The summed E-state index contributed by atoms with van der Waals surface area (Å²) in [6.45, 7) is 0.0464. The van der Waals surface area contributed by atoms with Gasteiger partial charge in [-0.3, -0.25) is 0 Å². The Labute approximate surface area is 199 Å². The molecule has 0 aliphatic carbocycles. The number of methoxy groups -OCH3 is 4. The van der Waals surface area contributed by atoms with Crippen LogP contribution in [0.2, 0.25) is 0 Å². The van der Waals surface area contributed by atoms with Gasteiger partial charge in [-0.05, 0) is 41.9 Å². The van der Waals surface area contributed by atoms with Crippen molar-refractivity contribution in [3.8, 4) is 17.4 Å². The van der Waals surface area contributed by atoms with Crippen molar-refractivity contribution >= 4 is 28.5 Å². The number of carbonyl (C=O) groups excluding carboxylic acids is 2.